The maximum Gasteiger partial charge on any atom is 0.222 e. The number of aliphatic hydroxyl groups excluding tert-OH is 1. The van der Waals surface area contributed by atoms with Crippen molar-refractivity contribution in [2.75, 3.05) is 13.6 Å². The van der Waals surface area contributed by atoms with Crippen molar-refractivity contribution >= 4 is 5.91 Å². The Morgan fingerprint density at radius 3 is 2.67 bits per heavy atom. The van der Waals surface area contributed by atoms with Crippen LogP contribution in [0, 0.1) is 0 Å². The zero-order chi connectivity index (χ0) is 13.5. The average molecular weight is 256 g/mol. The molecule has 1 aliphatic carbocycles. The van der Waals surface area contributed by atoms with Crippen molar-refractivity contribution in [3.63, 3.8) is 0 Å². The molecular formula is C14H28N2O2. The van der Waals surface area contributed by atoms with E-state index in [0.29, 0.717) is 12.5 Å². The number of carbonyl (C=O) groups excluding carboxylic acids is 1. The summed E-state index contributed by atoms with van der Waals surface area (Å²) in [4.78, 5) is 13.8. The zero-order valence-electron chi connectivity index (χ0n) is 12.0. The van der Waals surface area contributed by atoms with Crippen LogP contribution in [0.2, 0.25) is 0 Å². The number of hydrogen-bond donors (Lipinski definition) is 2. The standard InChI is InChI=1S/C14H28N2O2/c1-11(2)15-10-6-9-14(18)16(3)12-7-4-5-8-13(12)17/h11-13,15,17H,4-10H2,1-3H3. The van der Waals surface area contributed by atoms with E-state index < -0.39 is 0 Å². The summed E-state index contributed by atoms with van der Waals surface area (Å²) < 4.78 is 0. The molecule has 0 aliphatic heterocycles. The summed E-state index contributed by atoms with van der Waals surface area (Å²) in [6, 6.07) is 0.502. The highest BCUT2D eigenvalue weighted by molar-refractivity contribution is 5.76. The highest BCUT2D eigenvalue weighted by atomic mass is 16.3. The van der Waals surface area contributed by atoms with Crippen molar-refractivity contribution in [2.24, 2.45) is 0 Å². The highest BCUT2D eigenvalue weighted by Gasteiger charge is 2.28. The molecule has 18 heavy (non-hydrogen) atoms. The summed E-state index contributed by atoms with van der Waals surface area (Å²) in [6.45, 7) is 5.09. The summed E-state index contributed by atoms with van der Waals surface area (Å²) in [5.41, 5.74) is 0. The lowest BCUT2D eigenvalue weighted by Crippen LogP contribution is -2.46. The molecule has 1 rings (SSSR count). The van der Waals surface area contributed by atoms with Gasteiger partial charge in [0.15, 0.2) is 0 Å². The van der Waals surface area contributed by atoms with Crippen LogP contribution >= 0.6 is 0 Å². The fraction of sp³-hybridized carbons (Fsp3) is 0.929. The van der Waals surface area contributed by atoms with E-state index in [1.54, 1.807) is 4.90 Å². The Balaban J connectivity index is 2.27. The van der Waals surface area contributed by atoms with E-state index in [1.807, 2.05) is 7.05 Å². The zero-order valence-corrected chi connectivity index (χ0v) is 12.0. The molecule has 0 radical (unpaired) electrons. The first-order chi connectivity index (χ1) is 8.52. The molecule has 4 heteroatoms. The van der Waals surface area contributed by atoms with Gasteiger partial charge in [0.05, 0.1) is 12.1 Å². The first-order valence-corrected chi connectivity index (χ1v) is 7.19. The highest BCUT2D eigenvalue weighted by Crippen LogP contribution is 2.22. The van der Waals surface area contributed by atoms with Crippen LogP contribution in [0.5, 0.6) is 0 Å². The molecule has 106 valence electrons. The molecule has 0 aromatic rings. The minimum Gasteiger partial charge on any atom is -0.391 e. The summed E-state index contributed by atoms with van der Waals surface area (Å²) >= 11 is 0. The van der Waals surface area contributed by atoms with Gasteiger partial charge in [0.2, 0.25) is 5.91 Å². The molecule has 0 aromatic heterocycles. The molecule has 0 aromatic carbocycles. The Bertz CT molecular complexity index is 256. The van der Waals surface area contributed by atoms with Crippen LogP contribution in [0.25, 0.3) is 0 Å². The number of likely N-dealkylation sites (N-methyl/N-ethyl adjacent to an activating group) is 1. The molecule has 0 heterocycles. The maximum atomic E-state index is 12.0. The van der Waals surface area contributed by atoms with Crippen LogP contribution in [0.3, 0.4) is 0 Å². The second kappa shape index (κ2) is 7.74. The summed E-state index contributed by atoms with van der Waals surface area (Å²) in [6.07, 6.45) is 5.07. The molecule has 1 fully saturated rings. The topological polar surface area (TPSA) is 52.6 Å². The summed E-state index contributed by atoms with van der Waals surface area (Å²) in [5, 5.41) is 13.2. The monoisotopic (exact) mass is 256 g/mol. The Hall–Kier alpha value is -0.610. The lowest BCUT2D eigenvalue weighted by Gasteiger charge is -2.35. The minimum atomic E-state index is -0.332. The quantitative estimate of drug-likeness (QED) is 0.709. The molecule has 1 saturated carbocycles. The van der Waals surface area contributed by atoms with Crippen molar-refractivity contribution in [3.8, 4) is 0 Å². The van der Waals surface area contributed by atoms with Gasteiger partial charge in [-0.2, -0.15) is 0 Å². The predicted molar refractivity (Wildman–Crippen MR) is 73.4 cm³/mol. The second-order valence-corrected chi connectivity index (χ2v) is 5.64. The lowest BCUT2D eigenvalue weighted by molar-refractivity contribution is -0.135. The molecule has 1 amide bonds. The number of nitrogens with one attached hydrogen (secondary N) is 1. The average Bonchev–Trinajstić information content (AvgIpc) is 2.34. The minimum absolute atomic E-state index is 0.0318. The molecule has 2 unspecified atom stereocenters. The van der Waals surface area contributed by atoms with Crippen molar-refractivity contribution in [2.45, 2.75) is 70.6 Å². The van der Waals surface area contributed by atoms with Gasteiger partial charge in [0, 0.05) is 19.5 Å². The van der Waals surface area contributed by atoms with Gasteiger partial charge in [-0.05, 0) is 25.8 Å². The van der Waals surface area contributed by atoms with Gasteiger partial charge in [-0.3, -0.25) is 4.79 Å². The van der Waals surface area contributed by atoms with Crippen molar-refractivity contribution < 1.29 is 9.90 Å². The largest absolute Gasteiger partial charge is 0.391 e. The van der Waals surface area contributed by atoms with Gasteiger partial charge in [-0.1, -0.05) is 26.7 Å². The van der Waals surface area contributed by atoms with E-state index in [0.717, 1.165) is 38.6 Å². The van der Waals surface area contributed by atoms with Gasteiger partial charge in [-0.25, -0.2) is 0 Å². The van der Waals surface area contributed by atoms with Crippen LogP contribution in [0.4, 0.5) is 0 Å². The summed E-state index contributed by atoms with van der Waals surface area (Å²) in [7, 11) is 1.83. The van der Waals surface area contributed by atoms with E-state index in [4.69, 9.17) is 0 Å². The maximum absolute atomic E-state index is 12.0. The van der Waals surface area contributed by atoms with Gasteiger partial charge in [0.1, 0.15) is 0 Å². The fourth-order valence-corrected chi connectivity index (χ4v) is 2.54. The molecule has 2 atom stereocenters. The van der Waals surface area contributed by atoms with Gasteiger partial charge >= 0.3 is 0 Å². The van der Waals surface area contributed by atoms with Crippen LogP contribution in [-0.4, -0.2) is 47.7 Å². The van der Waals surface area contributed by atoms with E-state index >= 15 is 0 Å². The van der Waals surface area contributed by atoms with Crippen molar-refractivity contribution in [1.29, 1.82) is 0 Å². The third-order valence-corrected chi connectivity index (χ3v) is 3.70. The van der Waals surface area contributed by atoms with Crippen LogP contribution in [0.1, 0.15) is 52.4 Å². The van der Waals surface area contributed by atoms with Crippen LogP contribution in [0.15, 0.2) is 0 Å². The van der Waals surface area contributed by atoms with Crippen LogP contribution < -0.4 is 5.32 Å². The van der Waals surface area contributed by atoms with E-state index in [1.165, 1.54) is 0 Å². The normalized spacial score (nSPS) is 24.3. The Labute approximate surface area is 111 Å². The Morgan fingerprint density at radius 2 is 2.06 bits per heavy atom. The SMILES string of the molecule is CC(C)NCCCC(=O)N(C)C1CCCCC1O. The van der Waals surface area contributed by atoms with Crippen molar-refractivity contribution in [3.05, 3.63) is 0 Å². The van der Waals surface area contributed by atoms with E-state index in [9.17, 15) is 9.90 Å². The van der Waals surface area contributed by atoms with Crippen LogP contribution in [-0.2, 0) is 4.79 Å². The molecule has 2 N–H and O–H groups in total. The van der Waals surface area contributed by atoms with Gasteiger partial charge in [-0.15, -0.1) is 0 Å². The van der Waals surface area contributed by atoms with E-state index in [-0.39, 0.29) is 18.1 Å². The summed E-state index contributed by atoms with van der Waals surface area (Å²) in [5.74, 6) is 0.159. The molecule has 0 spiro atoms. The second-order valence-electron chi connectivity index (χ2n) is 5.64. The lowest BCUT2D eigenvalue weighted by atomic mass is 9.91. The third-order valence-electron chi connectivity index (χ3n) is 3.70. The molecule has 0 saturated heterocycles. The molecule has 0 bridgehead atoms. The number of amides is 1. The van der Waals surface area contributed by atoms with Gasteiger partial charge < -0.3 is 15.3 Å². The fourth-order valence-electron chi connectivity index (χ4n) is 2.54. The van der Waals surface area contributed by atoms with Gasteiger partial charge in [0.25, 0.3) is 0 Å². The number of aliphatic hydroxyl groups is 1. The third kappa shape index (κ3) is 4.94. The number of hydrogen-bond acceptors (Lipinski definition) is 3. The van der Waals surface area contributed by atoms with Crippen molar-refractivity contribution in [1.82, 2.24) is 10.2 Å². The first-order valence-electron chi connectivity index (χ1n) is 7.19. The first kappa shape index (κ1) is 15.4. The Morgan fingerprint density at radius 1 is 1.39 bits per heavy atom. The number of rotatable bonds is 6. The molecular weight excluding hydrogens is 228 g/mol. The number of nitrogens with zero attached hydrogens (tertiary/aromatic N) is 1. The predicted octanol–water partition coefficient (Wildman–Crippen LogP) is 1.53. The smallest absolute Gasteiger partial charge is 0.222 e. The molecule has 4 nitrogen and oxygen atoms in total. The Kier molecular flexibility index (Phi) is 6.65. The number of carbonyl (C=O) groups is 1. The molecule has 1 aliphatic rings. The van der Waals surface area contributed by atoms with E-state index in [2.05, 4.69) is 19.2 Å².